The van der Waals surface area contributed by atoms with Crippen molar-refractivity contribution < 1.29 is 14.0 Å². The fourth-order valence-corrected chi connectivity index (χ4v) is 1.74. The van der Waals surface area contributed by atoms with Gasteiger partial charge in [0.05, 0.1) is 6.61 Å². The van der Waals surface area contributed by atoms with E-state index in [0.717, 1.165) is 5.56 Å². The Labute approximate surface area is 86.1 Å². The van der Waals surface area contributed by atoms with Gasteiger partial charge < -0.3 is 14.0 Å². The molecule has 0 radical (unpaired) electrons. The van der Waals surface area contributed by atoms with E-state index in [2.05, 4.69) is 0 Å². The lowest BCUT2D eigenvalue weighted by Crippen LogP contribution is -2.22. The second-order valence-corrected chi connectivity index (χ2v) is 4.57. The third-order valence-electron chi connectivity index (χ3n) is 1.72. The Hall–Kier alpha value is -0.683. The minimum absolute atomic E-state index is 0.332. The molecule has 14 heavy (non-hydrogen) atoms. The molecule has 1 aromatic carbocycles. The fourth-order valence-electron chi connectivity index (χ4n) is 1.10. The lowest BCUT2D eigenvalue weighted by Gasteiger charge is -2.15. The van der Waals surface area contributed by atoms with Crippen molar-refractivity contribution in [3.8, 4) is 0 Å². The molecular formula is C10H16O3Si. The molecule has 0 aromatic heterocycles. The van der Waals surface area contributed by atoms with Crippen LogP contribution >= 0.6 is 0 Å². The average molecular weight is 212 g/mol. The molecule has 0 aliphatic carbocycles. The van der Waals surface area contributed by atoms with Gasteiger partial charge in [0.15, 0.2) is 0 Å². The topological polar surface area (TPSA) is 38.7 Å². The van der Waals surface area contributed by atoms with Crippen LogP contribution in [-0.4, -0.2) is 20.4 Å². The van der Waals surface area contributed by atoms with Crippen molar-refractivity contribution in [2.24, 2.45) is 0 Å². The molecular weight excluding hydrogens is 196 g/mol. The summed E-state index contributed by atoms with van der Waals surface area (Å²) in [5, 5.41) is 0. The van der Waals surface area contributed by atoms with Crippen LogP contribution in [0.2, 0.25) is 6.55 Å². The minimum Gasteiger partial charge on any atom is -0.413 e. The van der Waals surface area contributed by atoms with E-state index in [0.29, 0.717) is 6.61 Å². The van der Waals surface area contributed by atoms with Crippen molar-refractivity contribution in [1.29, 1.82) is 0 Å². The summed E-state index contributed by atoms with van der Waals surface area (Å²) in [6, 6.07) is 9.88. The Kier molecular flexibility index (Phi) is 4.82. The molecule has 0 saturated carbocycles. The molecule has 2 unspecified atom stereocenters. The molecule has 2 atom stereocenters. The van der Waals surface area contributed by atoms with Crippen molar-refractivity contribution >= 4 is 9.28 Å². The highest BCUT2D eigenvalue weighted by molar-refractivity contribution is 6.40. The Balaban J connectivity index is 2.27. The molecule has 0 amide bonds. The molecule has 0 saturated heterocycles. The molecule has 78 valence electrons. The van der Waals surface area contributed by atoms with Gasteiger partial charge in [-0.15, -0.1) is 0 Å². The maximum atomic E-state index is 9.06. The Morgan fingerprint density at radius 1 is 1.36 bits per heavy atom. The van der Waals surface area contributed by atoms with Crippen LogP contribution in [0.4, 0.5) is 0 Å². The number of hydrogen-bond donors (Lipinski definition) is 1. The predicted molar refractivity (Wildman–Crippen MR) is 57.0 cm³/mol. The summed E-state index contributed by atoms with van der Waals surface area (Å²) < 4.78 is 10.5. The lowest BCUT2D eigenvalue weighted by molar-refractivity contribution is -0.0854. The van der Waals surface area contributed by atoms with Gasteiger partial charge >= 0.3 is 9.28 Å². The molecule has 0 heterocycles. The van der Waals surface area contributed by atoms with Gasteiger partial charge in [0, 0.05) is 0 Å². The summed E-state index contributed by atoms with van der Waals surface area (Å²) in [6.45, 7) is 4.01. The summed E-state index contributed by atoms with van der Waals surface area (Å²) >= 11 is 0. The van der Waals surface area contributed by atoms with Crippen LogP contribution in [0.25, 0.3) is 0 Å². The van der Waals surface area contributed by atoms with E-state index in [4.69, 9.17) is 14.0 Å². The first-order valence-electron chi connectivity index (χ1n) is 4.67. The SMILES string of the molecule is CC(OCc1ccccc1)O[SiH](C)O. The summed E-state index contributed by atoms with van der Waals surface area (Å²) in [5.41, 5.74) is 1.11. The van der Waals surface area contributed by atoms with Crippen molar-refractivity contribution in [3.63, 3.8) is 0 Å². The van der Waals surface area contributed by atoms with Gasteiger partial charge in [0.1, 0.15) is 6.29 Å². The van der Waals surface area contributed by atoms with Gasteiger partial charge in [-0.3, -0.25) is 0 Å². The van der Waals surface area contributed by atoms with Crippen LogP contribution in [-0.2, 0) is 15.8 Å². The molecule has 1 aromatic rings. The smallest absolute Gasteiger partial charge is 0.317 e. The molecule has 0 spiro atoms. The van der Waals surface area contributed by atoms with E-state index in [9.17, 15) is 0 Å². The minimum atomic E-state index is -1.98. The van der Waals surface area contributed by atoms with E-state index in [1.807, 2.05) is 30.3 Å². The number of ether oxygens (including phenoxy) is 1. The van der Waals surface area contributed by atoms with Gasteiger partial charge in [-0.2, -0.15) is 0 Å². The standard InChI is InChI=1S/C10H16O3Si/c1-9(13-14(2)11)12-8-10-6-4-3-5-7-10/h3-7,9,11,14H,8H2,1-2H3. The largest absolute Gasteiger partial charge is 0.413 e. The van der Waals surface area contributed by atoms with Gasteiger partial charge in [0.25, 0.3) is 0 Å². The van der Waals surface area contributed by atoms with E-state index in [1.54, 1.807) is 13.5 Å². The van der Waals surface area contributed by atoms with Crippen molar-refractivity contribution in [2.75, 3.05) is 0 Å². The van der Waals surface area contributed by atoms with Crippen LogP contribution in [0.5, 0.6) is 0 Å². The fraction of sp³-hybridized carbons (Fsp3) is 0.400. The molecule has 1 rings (SSSR count). The van der Waals surface area contributed by atoms with Gasteiger partial charge in [-0.25, -0.2) is 0 Å². The average Bonchev–Trinajstić information content (AvgIpc) is 2.15. The van der Waals surface area contributed by atoms with Crippen LogP contribution in [0.3, 0.4) is 0 Å². The Morgan fingerprint density at radius 2 is 2.00 bits per heavy atom. The molecule has 0 fully saturated rings. The summed E-state index contributed by atoms with van der Waals surface area (Å²) in [5.74, 6) is 0. The molecule has 0 bridgehead atoms. The Bertz CT molecular complexity index is 251. The summed E-state index contributed by atoms with van der Waals surface area (Å²) in [6.07, 6.45) is -0.332. The van der Waals surface area contributed by atoms with Crippen molar-refractivity contribution in [2.45, 2.75) is 26.4 Å². The van der Waals surface area contributed by atoms with Gasteiger partial charge in [-0.1, -0.05) is 30.3 Å². The van der Waals surface area contributed by atoms with E-state index in [1.165, 1.54) is 0 Å². The monoisotopic (exact) mass is 212 g/mol. The summed E-state index contributed by atoms with van der Waals surface area (Å²) in [4.78, 5) is 9.06. The zero-order valence-electron chi connectivity index (χ0n) is 8.51. The van der Waals surface area contributed by atoms with Crippen LogP contribution < -0.4 is 0 Å². The van der Waals surface area contributed by atoms with Crippen molar-refractivity contribution in [3.05, 3.63) is 35.9 Å². The summed E-state index contributed by atoms with van der Waals surface area (Å²) in [7, 11) is -1.98. The highest BCUT2D eigenvalue weighted by atomic mass is 28.3. The van der Waals surface area contributed by atoms with E-state index in [-0.39, 0.29) is 6.29 Å². The molecule has 1 N–H and O–H groups in total. The normalized spacial score (nSPS) is 15.1. The molecule has 3 nitrogen and oxygen atoms in total. The maximum Gasteiger partial charge on any atom is 0.317 e. The lowest BCUT2D eigenvalue weighted by atomic mass is 10.2. The third-order valence-corrected chi connectivity index (χ3v) is 2.49. The third kappa shape index (κ3) is 4.52. The van der Waals surface area contributed by atoms with Crippen LogP contribution in [0, 0.1) is 0 Å². The first-order valence-corrected chi connectivity index (χ1v) is 6.82. The number of benzene rings is 1. The van der Waals surface area contributed by atoms with Gasteiger partial charge in [0.2, 0.25) is 0 Å². The highest BCUT2D eigenvalue weighted by Gasteiger charge is 2.06. The van der Waals surface area contributed by atoms with E-state index >= 15 is 0 Å². The second-order valence-electron chi connectivity index (χ2n) is 3.10. The maximum absolute atomic E-state index is 9.06. The number of hydrogen-bond acceptors (Lipinski definition) is 3. The number of rotatable bonds is 5. The molecule has 0 aliphatic rings. The first kappa shape index (κ1) is 11.4. The molecule has 0 aliphatic heterocycles. The highest BCUT2D eigenvalue weighted by Crippen LogP contribution is 2.04. The first-order chi connectivity index (χ1) is 6.68. The second kappa shape index (κ2) is 5.92. The van der Waals surface area contributed by atoms with Crippen molar-refractivity contribution in [1.82, 2.24) is 0 Å². The van der Waals surface area contributed by atoms with Gasteiger partial charge in [-0.05, 0) is 19.0 Å². The zero-order chi connectivity index (χ0) is 10.4. The van der Waals surface area contributed by atoms with Crippen LogP contribution in [0.15, 0.2) is 30.3 Å². The Morgan fingerprint density at radius 3 is 2.57 bits per heavy atom. The molecule has 4 heteroatoms. The van der Waals surface area contributed by atoms with E-state index < -0.39 is 9.28 Å². The van der Waals surface area contributed by atoms with Crippen LogP contribution in [0.1, 0.15) is 12.5 Å². The zero-order valence-corrected chi connectivity index (χ0v) is 9.67. The quantitative estimate of drug-likeness (QED) is 0.592. The predicted octanol–water partition coefficient (Wildman–Crippen LogP) is 1.41.